The molecule has 11 aromatic rings. The van der Waals surface area contributed by atoms with E-state index in [4.69, 9.17) is 0 Å². The van der Waals surface area contributed by atoms with Crippen LogP contribution in [0.1, 0.15) is 0 Å². The number of rotatable bonds is 8. The van der Waals surface area contributed by atoms with Gasteiger partial charge in [-0.25, -0.2) is 0 Å². The second-order valence-corrected chi connectivity index (χ2v) is 15.3. The lowest BCUT2D eigenvalue weighted by Crippen LogP contribution is -2.11. The molecule has 0 amide bonds. The Morgan fingerprint density at radius 2 is 0.883 bits per heavy atom. The van der Waals surface area contributed by atoms with Crippen LogP contribution in [0.25, 0.3) is 82.8 Å². The SMILES string of the molecule is c1ccc(-c2ccc(N(c3ccc(-c4ccccc4)c(-c4ccccc4)c3)c3ccccc3-c3cccc(-n4c5ccccc5c5ccc6ccccc6c54)c3)cc2)cc1. The summed E-state index contributed by atoms with van der Waals surface area (Å²) in [7, 11) is 0. The molecule has 0 aliphatic rings. The molecule has 0 aliphatic carbocycles. The van der Waals surface area contributed by atoms with Crippen molar-refractivity contribution in [2.24, 2.45) is 0 Å². The molecule has 0 radical (unpaired) electrons. The Bertz CT molecular complexity index is 3290. The van der Waals surface area contributed by atoms with Crippen molar-refractivity contribution < 1.29 is 0 Å². The number of hydrogen-bond acceptors (Lipinski definition) is 1. The Kier molecular flexibility index (Phi) is 8.87. The summed E-state index contributed by atoms with van der Waals surface area (Å²) in [6, 6.07) is 87.9. The van der Waals surface area contributed by atoms with Crippen LogP contribution in [0.2, 0.25) is 0 Å². The number of fused-ring (bicyclic) bond motifs is 5. The Labute approximate surface area is 350 Å². The van der Waals surface area contributed by atoms with Gasteiger partial charge in [0.25, 0.3) is 0 Å². The quantitative estimate of drug-likeness (QED) is 0.150. The summed E-state index contributed by atoms with van der Waals surface area (Å²) in [5, 5.41) is 4.99. The third-order valence-corrected chi connectivity index (χ3v) is 11.8. The smallest absolute Gasteiger partial charge is 0.0619 e. The molecule has 10 aromatic carbocycles. The van der Waals surface area contributed by atoms with Gasteiger partial charge in [0.1, 0.15) is 0 Å². The van der Waals surface area contributed by atoms with Gasteiger partial charge in [0, 0.05) is 38.8 Å². The van der Waals surface area contributed by atoms with E-state index in [1.807, 2.05) is 0 Å². The highest BCUT2D eigenvalue weighted by molar-refractivity contribution is 6.18. The molecule has 0 bridgehead atoms. The molecule has 11 rings (SSSR count). The van der Waals surface area contributed by atoms with E-state index in [2.05, 4.69) is 252 Å². The molecule has 1 heterocycles. The summed E-state index contributed by atoms with van der Waals surface area (Å²) < 4.78 is 2.45. The van der Waals surface area contributed by atoms with Crippen LogP contribution in [0.3, 0.4) is 0 Å². The summed E-state index contributed by atoms with van der Waals surface area (Å²) in [6.45, 7) is 0. The van der Waals surface area contributed by atoms with E-state index >= 15 is 0 Å². The lowest BCUT2D eigenvalue weighted by atomic mass is 9.93. The van der Waals surface area contributed by atoms with Crippen LogP contribution in [0, 0.1) is 0 Å². The predicted molar refractivity (Wildman–Crippen MR) is 255 cm³/mol. The van der Waals surface area contributed by atoms with Crippen LogP contribution in [0.4, 0.5) is 17.1 Å². The molecule has 2 nitrogen and oxygen atoms in total. The van der Waals surface area contributed by atoms with Crippen molar-refractivity contribution in [1.82, 2.24) is 4.57 Å². The van der Waals surface area contributed by atoms with E-state index in [0.29, 0.717) is 0 Å². The maximum absolute atomic E-state index is 2.45. The number of nitrogens with zero attached hydrogens (tertiary/aromatic N) is 2. The fourth-order valence-corrected chi connectivity index (χ4v) is 8.98. The van der Waals surface area contributed by atoms with E-state index in [1.165, 1.54) is 66.0 Å². The van der Waals surface area contributed by atoms with E-state index in [0.717, 1.165) is 33.9 Å². The van der Waals surface area contributed by atoms with Crippen molar-refractivity contribution >= 4 is 49.6 Å². The number of para-hydroxylation sites is 2. The standard InChI is InChI=1S/C58H40N2/c1-4-17-41(18-5-1)42-31-34-47(35-32-42)59(49-36-38-50(43-19-6-2-7-20-43)55(40-49)44-21-8-3-9-22-44)56-29-14-12-26-51(56)46-24-16-25-48(39-46)60-57-30-15-13-28-53(57)54-37-33-45-23-10-11-27-52(45)58(54)60/h1-40H. The van der Waals surface area contributed by atoms with Gasteiger partial charge >= 0.3 is 0 Å². The number of hydrogen-bond donors (Lipinski definition) is 0. The minimum Gasteiger partial charge on any atom is -0.310 e. The number of anilines is 3. The van der Waals surface area contributed by atoms with E-state index in [1.54, 1.807) is 0 Å². The third kappa shape index (κ3) is 6.23. The van der Waals surface area contributed by atoms with Gasteiger partial charge in [-0.2, -0.15) is 0 Å². The number of benzene rings is 10. The topological polar surface area (TPSA) is 8.17 Å². The molecule has 282 valence electrons. The molecule has 60 heavy (non-hydrogen) atoms. The minimum atomic E-state index is 1.08. The molecule has 0 N–H and O–H groups in total. The van der Waals surface area contributed by atoms with Gasteiger partial charge in [0.05, 0.1) is 16.7 Å². The minimum absolute atomic E-state index is 1.08. The van der Waals surface area contributed by atoms with Crippen molar-refractivity contribution in [2.75, 3.05) is 4.90 Å². The van der Waals surface area contributed by atoms with Gasteiger partial charge in [-0.3, -0.25) is 0 Å². The zero-order valence-corrected chi connectivity index (χ0v) is 33.0. The zero-order valence-electron chi connectivity index (χ0n) is 33.0. The highest BCUT2D eigenvalue weighted by Crippen LogP contribution is 2.45. The molecule has 0 unspecified atom stereocenters. The molecular formula is C58H40N2. The molecule has 0 fully saturated rings. The first-order valence-corrected chi connectivity index (χ1v) is 20.6. The lowest BCUT2D eigenvalue weighted by molar-refractivity contribution is 1.19. The summed E-state index contributed by atoms with van der Waals surface area (Å²) in [4.78, 5) is 2.42. The third-order valence-electron chi connectivity index (χ3n) is 11.8. The zero-order chi connectivity index (χ0) is 39.8. The summed E-state index contributed by atoms with van der Waals surface area (Å²) in [5.74, 6) is 0. The first-order valence-electron chi connectivity index (χ1n) is 20.6. The first-order chi connectivity index (χ1) is 29.8. The maximum Gasteiger partial charge on any atom is 0.0619 e. The van der Waals surface area contributed by atoms with Gasteiger partial charge in [-0.15, -0.1) is 0 Å². The van der Waals surface area contributed by atoms with Crippen molar-refractivity contribution in [2.45, 2.75) is 0 Å². The Hall–Kier alpha value is -7.94. The Balaban J connectivity index is 1.12. The van der Waals surface area contributed by atoms with Crippen molar-refractivity contribution in [3.05, 3.63) is 243 Å². The maximum atomic E-state index is 2.45. The van der Waals surface area contributed by atoms with Crippen LogP contribution >= 0.6 is 0 Å². The van der Waals surface area contributed by atoms with Crippen molar-refractivity contribution in [3.63, 3.8) is 0 Å². The highest BCUT2D eigenvalue weighted by atomic mass is 15.1. The van der Waals surface area contributed by atoms with Gasteiger partial charge < -0.3 is 9.47 Å². The largest absolute Gasteiger partial charge is 0.310 e. The van der Waals surface area contributed by atoms with Gasteiger partial charge in [0.2, 0.25) is 0 Å². The highest BCUT2D eigenvalue weighted by Gasteiger charge is 2.21. The van der Waals surface area contributed by atoms with E-state index in [-0.39, 0.29) is 0 Å². The molecule has 0 saturated heterocycles. The molecule has 0 aliphatic heterocycles. The van der Waals surface area contributed by atoms with Gasteiger partial charge in [-0.05, 0) is 92.9 Å². The van der Waals surface area contributed by atoms with Crippen LogP contribution in [0.5, 0.6) is 0 Å². The average Bonchev–Trinajstić information content (AvgIpc) is 3.68. The summed E-state index contributed by atoms with van der Waals surface area (Å²) in [5.41, 5.74) is 16.2. The normalized spacial score (nSPS) is 11.3. The monoisotopic (exact) mass is 764 g/mol. The second kappa shape index (κ2) is 15.1. The summed E-state index contributed by atoms with van der Waals surface area (Å²) >= 11 is 0. The summed E-state index contributed by atoms with van der Waals surface area (Å²) in [6.07, 6.45) is 0. The van der Waals surface area contributed by atoms with E-state index < -0.39 is 0 Å². The van der Waals surface area contributed by atoms with Crippen LogP contribution in [0.15, 0.2) is 243 Å². The van der Waals surface area contributed by atoms with Gasteiger partial charge in [0.15, 0.2) is 0 Å². The van der Waals surface area contributed by atoms with Crippen LogP contribution in [-0.2, 0) is 0 Å². The molecule has 2 heteroatoms. The first kappa shape index (κ1) is 35.2. The fraction of sp³-hybridized carbons (Fsp3) is 0. The predicted octanol–water partition coefficient (Wildman–Crippen LogP) is 16.1. The Morgan fingerprint density at radius 1 is 0.300 bits per heavy atom. The second-order valence-electron chi connectivity index (χ2n) is 15.3. The molecule has 1 aromatic heterocycles. The molecule has 0 spiro atoms. The molecular weight excluding hydrogens is 725 g/mol. The lowest BCUT2D eigenvalue weighted by Gasteiger charge is -2.29. The molecule has 0 atom stereocenters. The Morgan fingerprint density at radius 3 is 1.65 bits per heavy atom. The van der Waals surface area contributed by atoms with Crippen LogP contribution in [-0.4, -0.2) is 4.57 Å². The van der Waals surface area contributed by atoms with Crippen molar-refractivity contribution in [1.29, 1.82) is 0 Å². The fourth-order valence-electron chi connectivity index (χ4n) is 8.98. The van der Waals surface area contributed by atoms with Crippen molar-refractivity contribution in [3.8, 4) is 50.2 Å². The average molecular weight is 765 g/mol. The van der Waals surface area contributed by atoms with Gasteiger partial charge in [-0.1, -0.05) is 194 Å². The van der Waals surface area contributed by atoms with E-state index in [9.17, 15) is 0 Å². The molecule has 0 saturated carbocycles. The number of aromatic nitrogens is 1. The van der Waals surface area contributed by atoms with Crippen LogP contribution < -0.4 is 4.90 Å².